The highest BCUT2D eigenvalue weighted by Gasteiger charge is 2.46. The van der Waals surface area contributed by atoms with Crippen molar-refractivity contribution < 1.29 is 19.0 Å². The number of hydrogen-bond donors (Lipinski definition) is 1. The molecule has 0 atom stereocenters. The highest BCUT2D eigenvalue weighted by Crippen LogP contribution is 2.46. The van der Waals surface area contributed by atoms with Crippen molar-refractivity contribution in [2.45, 2.75) is 24.7 Å². The first kappa shape index (κ1) is 12.4. The number of rotatable bonds is 3. The zero-order valence-electron chi connectivity index (χ0n) is 9.30. The fourth-order valence-corrected chi connectivity index (χ4v) is 2.79. The number of hydrogen-bond acceptors (Lipinski definition) is 2. The maximum absolute atomic E-state index is 13.7. The van der Waals surface area contributed by atoms with Crippen LogP contribution in [-0.4, -0.2) is 18.2 Å². The van der Waals surface area contributed by atoms with Crippen LogP contribution in [-0.2, 0) is 10.2 Å². The lowest BCUT2D eigenvalue weighted by molar-refractivity contribution is -0.147. The lowest BCUT2D eigenvalue weighted by atomic mass is 9.64. The maximum Gasteiger partial charge on any atom is 0.314 e. The van der Waals surface area contributed by atoms with Gasteiger partial charge in [0.15, 0.2) is 11.6 Å². The number of carboxylic acid groups (broad SMARTS) is 1. The Balaban J connectivity index is 2.50. The van der Waals surface area contributed by atoms with E-state index < -0.39 is 17.2 Å². The first-order valence-corrected chi connectivity index (χ1v) is 6.07. The third-order valence-corrected chi connectivity index (χ3v) is 3.96. The van der Waals surface area contributed by atoms with Gasteiger partial charge in [0.25, 0.3) is 0 Å². The van der Waals surface area contributed by atoms with Gasteiger partial charge >= 0.3 is 5.97 Å². The Morgan fingerprint density at radius 1 is 1.53 bits per heavy atom. The second-order valence-electron chi connectivity index (χ2n) is 4.21. The molecule has 1 aromatic rings. The third-order valence-electron chi connectivity index (χ3n) is 3.37. The van der Waals surface area contributed by atoms with Crippen molar-refractivity contribution in [1.82, 2.24) is 0 Å². The molecule has 1 aliphatic rings. The highest BCUT2D eigenvalue weighted by atomic mass is 79.9. The second kappa shape index (κ2) is 4.29. The molecule has 0 heterocycles. The number of ether oxygens (including phenoxy) is 1. The summed E-state index contributed by atoms with van der Waals surface area (Å²) in [7, 11) is 1.37. The minimum absolute atomic E-state index is 0.105. The number of carboxylic acids is 1. The van der Waals surface area contributed by atoms with Crippen LogP contribution in [0.5, 0.6) is 5.75 Å². The van der Waals surface area contributed by atoms with Crippen LogP contribution in [0, 0.1) is 5.82 Å². The third kappa shape index (κ3) is 1.82. The summed E-state index contributed by atoms with van der Waals surface area (Å²) in [6.45, 7) is 0. The van der Waals surface area contributed by atoms with Crippen molar-refractivity contribution in [1.29, 1.82) is 0 Å². The van der Waals surface area contributed by atoms with E-state index in [9.17, 15) is 14.3 Å². The summed E-state index contributed by atoms with van der Waals surface area (Å²) in [5.74, 6) is -1.32. The van der Waals surface area contributed by atoms with E-state index in [1.807, 2.05) is 0 Å². The van der Waals surface area contributed by atoms with Crippen LogP contribution in [0.15, 0.2) is 16.6 Å². The number of methoxy groups -OCH3 is 1. The number of aliphatic carboxylic acids is 1. The largest absolute Gasteiger partial charge is 0.492 e. The predicted molar refractivity (Wildman–Crippen MR) is 63.8 cm³/mol. The van der Waals surface area contributed by atoms with Crippen molar-refractivity contribution >= 4 is 21.9 Å². The standard InChI is InChI=1S/C12H12BrFO3/c1-17-10-8(13)5-7(6-9(10)14)12(11(15)16)3-2-4-12/h5-6H,2-4H2,1H3,(H,15,16). The van der Waals surface area contributed by atoms with E-state index in [2.05, 4.69) is 15.9 Å². The van der Waals surface area contributed by atoms with Gasteiger partial charge in [-0.2, -0.15) is 0 Å². The predicted octanol–water partition coefficient (Wildman–Crippen LogP) is 3.10. The van der Waals surface area contributed by atoms with E-state index in [1.165, 1.54) is 13.2 Å². The minimum Gasteiger partial charge on any atom is -0.492 e. The van der Waals surface area contributed by atoms with Crippen molar-refractivity contribution in [2.75, 3.05) is 7.11 Å². The second-order valence-corrected chi connectivity index (χ2v) is 5.07. The van der Waals surface area contributed by atoms with E-state index in [-0.39, 0.29) is 5.75 Å². The van der Waals surface area contributed by atoms with Gasteiger partial charge in [-0.05, 0) is 46.5 Å². The molecule has 1 fully saturated rings. The molecular weight excluding hydrogens is 291 g/mol. The molecule has 1 aliphatic carbocycles. The van der Waals surface area contributed by atoms with Gasteiger partial charge in [0.1, 0.15) is 0 Å². The van der Waals surface area contributed by atoms with E-state index in [1.54, 1.807) is 6.07 Å². The van der Waals surface area contributed by atoms with Gasteiger partial charge in [0.2, 0.25) is 0 Å². The molecule has 1 saturated carbocycles. The SMILES string of the molecule is COc1c(F)cc(C2(C(=O)O)CCC2)cc1Br. The molecule has 0 amide bonds. The van der Waals surface area contributed by atoms with Crippen molar-refractivity contribution in [2.24, 2.45) is 0 Å². The minimum atomic E-state index is -0.921. The molecule has 0 saturated heterocycles. The normalized spacial score (nSPS) is 17.4. The van der Waals surface area contributed by atoms with Gasteiger partial charge in [0, 0.05) is 0 Å². The first-order valence-electron chi connectivity index (χ1n) is 5.28. The van der Waals surface area contributed by atoms with Crippen molar-refractivity contribution in [3.63, 3.8) is 0 Å². The molecule has 0 spiro atoms. The van der Waals surface area contributed by atoms with Crippen molar-refractivity contribution in [3.8, 4) is 5.75 Å². The molecule has 92 valence electrons. The van der Waals surface area contributed by atoms with Crippen LogP contribution in [0.3, 0.4) is 0 Å². The number of carbonyl (C=O) groups is 1. The van der Waals surface area contributed by atoms with Crippen LogP contribution in [0.4, 0.5) is 4.39 Å². The molecule has 1 aromatic carbocycles. The molecule has 0 radical (unpaired) electrons. The van der Waals surface area contributed by atoms with E-state index >= 15 is 0 Å². The molecule has 0 unspecified atom stereocenters. The Bertz CT molecular complexity index is 446. The molecule has 5 heteroatoms. The molecule has 0 aliphatic heterocycles. The van der Waals surface area contributed by atoms with Crippen LogP contribution >= 0.6 is 15.9 Å². The van der Waals surface area contributed by atoms with Crippen LogP contribution in [0.1, 0.15) is 24.8 Å². The Hall–Kier alpha value is -1.10. The van der Waals surface area contributed by atoms with Gasteiger partial charge in [-0.1, -0.05) is 6.42 Å². The van der Waals surface area contributed by atoms with Crippen LogP contribution < -0.4 is 4.74 Å². The number of benzene rings is 1. The summed E-state index contributed by atoms with van der Waals surface area (Å²) in [5.41, 5.74) is -0.420. The highest BCUT2D eigenvalue weighted by molar-refractivity contribution is 9.10. The zero-order valence-corrected chi connectivity index (χ0v) is 10.9. The summed E-state index contributed by atoms with van der Waals surface area (Å²) < 4.78 is 19.1. The van der Waals surface area contributed by atoms with Crippen molar-refractivity contribution in [3.05, 3.63) is 28.0 Å². The first-order chi connectivity index (χ1) is 8.01. The van der Waals surface area contributed by atoms with Gasteiger partial charge in [-0.3, -0.25) is 4.79 Å². The van der Waals surface area contributed by atoms with Gasteiger partial charge in [-0.15, -0.1) is 0 Å². The van der Waals surface area contributed by atoms with Gasteiger partial charge < -0.3 is 9.84 Å². The fourth-order valence-electron chi connectivity index (χ4n) is 2.19. The van der Waals surface area contributed by atoms with E-state index in [4.69, 9.17) is 4.74 Å². The Morgan fingerprint density at radius 2 is 2.18 bits per heavy atom. The Labute approximate surface area is 107 Å². The van der Waals surface area contributed by atoms with Crippen LogP contribution in [0.25, 0.3) is 0 Å². The Kier molecular flexibility index (Phi) is 3.12. The zero-order chi connectivity index (χ0) is 12.6. The Morgan fingerprint density at radius 3 is 2.53 bits per heavy atom. The summed E-state index contributed by atoms with van der Waals surface area (Å²) >= 11 is 3.20. The molecule has 0 bridgehead atoms. The summed E-state index contributed by atoms with van der Waals surface area (Å²) in [4.78, 5) is 11.3. The van der Waals surface area contributed by atoms with Gasteiger partial charge in [-0.25, -0.2) is 4.39 Å². The summed E-state index contributed by atoms with van der Waals surface area (Å²) in [5, 5.41) is 9.28. The van der Waals surface area contributed by atoms with Crippen LogP contribution in [0.2, 0.25) is 0 Å². The lowest BCUT2D eigenvalue weighted by Gasteiger charge is -2.38. The lowest BCUT2D eigenvalue weighted by Crippen LogP contribution is -2.42. The maximum atomic E-state index is 13.7. The molecule has 2 rings (SSSR count). The molecule has 0 aromatic heterocycles. The topological polar surface area (TPSA) is 46.5 Å². The molecular formula is C12H12BrFO3. The monoisotopic (exact) mass is 302 g/mol. The fraction of sp³-hybridized carbons (Fsp3) is 0.417. The average molecular weight is 303 g/mol. The quantitative estimate of drug-likeness (QED) is 0.933. The molecule has 1 N–H and O–H groups in total. The smallest absolute Gasteiger partial charge is 0.314 e. The molecule has 3 nitrogen and oxygen atoms in total. The number of halogens is 2. The van der Waals surface area contributed by atoms with E-state index in [0.29, 0.717) is 22.9 Å². The van der Waals surface area contributed by atoms with Gasteiger partial charge in [0.05, 0.1) is 17.0 Å². The average Bonchev–Trinajstić information content (AvgIpc) is 2.14. The summed E-state index contributed by atoms with van der Waals surface area (Å²) in [6.07, 6.45) is 1.97. The summed E-state index contributed by atoms with van der Waals surface area (Å²) in [6, 6.07) is 2.89. The molecule has 17 heavy (non-hydrogen) atoms. The van der Waals surface area contributed by atoms with E-state index in [0.717, 1.165) is 6.42 Å².